The minimum absolute atomic E-state index is 0.194. The summed E-state index contributed by atoms with van der Waals surface area (Å²) in [6, 6.07) is 8.56. The Balaban J connectivity index is 2.07. The number of hydrogen-bond donors (Lipinski definition) is 0. The van der Waals surface area contributed by atoms with Crippen LogP contribution in [-0.2, 0) is 4.74 Å². The third-order valence-electron chi connectivity index (χ3n) is 4.09. The van der Waals surface area contributed by atoms with E-state index in [1.165, 1.54) is 16.8 Å². The Morgan fingerprint density at radius 1 is 1.12 bits per heavy atom. The molecule has 0 bridgehead atoms. The Kier molecular flexibility index (Phi) is 4.80. The number of nitrogens with zero attached hydrogens (tertiary/aromatic N) is 3. The molecule has 0 N–H and O–H groups in total. The van der Waals surface area contributed by atoms with Crippen LogP contribution in [0.1, 0.15) is 23.9 Å². The van der Waals surface area contributed by atoms with Crippen molar-refractivity contribution < 1.29 is 4.74 Å². The van der Waals surface area contributed by atoms with Gasteiger partial charge >= 0.3 is 0 Å². The predicted molar refractivity (Wildman–Crippen MR) is 99.5 cm³/mol. The van der Waals surface area contributed by atoms with E-state index in [1.54, 1.807) is 12.4 Å². The number of aromatic nitrogens is 2. The minimum Gasteiger partial charge on any atom is -0.496 e. The standard InChI is InChI=1S/C19H20N3OSi/c1-13-10-18(23-12-24)19-17(20-8-9-21-19)11-16(13)14-4-6-15(7-5-14)22(2)3/h4-11,13H,12H2,1-3H3. The van der Waals surface area contributed by atoms with Crippen molar-refractivity contribution in [1.29, 1.82) is 0 Å². The van der Waals surface area contributed by atoms with Crippen molar-refractivity contribution in [2.24, 2.45) is 5.92 Å². The lowest BCUT2D eigenvalue weighted by atomic mass is 9.93. The van der Waals surface area contributed by atoms with Gasteiger partial charge in [-0.25, -0.2) is 4.98 Å². The van der Waals surface area contributed by atoms with Gasteiger partial charge in [0.15, 0.2) is 0 Å². The van der Waals surface area contributed by atoms with Crippen LogP contribution in [0.3, 0.4) is 0 Å². The van der Waals surface area contributed by atoms with Gasteiger partial charge in [0.25, 0.3) is 0 Å². The quantitative estimate of drug-likeness (QED) is 0.805. The normalized spacial score (nSPS) is 16.6. The van der Waals surface area contributed by atoms with Gasteiger partial charge in [0.1, 0.15) is 11.5 Å². The lowest BCUT2D eigenvalue weighted by molar-refractivity contribution is 0.339. The molecule has 2 aromatic rings. The summed E-state index contributed by atoms with van der Waals surface area (Å²) in [5, 5.41) is 0. The molecule has 1 aliphatic rings. The number of anilines is 1. The molecule has 1 heterocycles. The number of ether oxygens (including phenoxy) is 1. The summed E-state index contributed by atoms with van der Waals surface area (Å²) in [7, 11) is 7.47. The molecule has 121 valence electrons. The van der Waals surface area contributed by atoms with Crippen molar-refractivity contribution in [3.05, 3.63) is 59.7 Å². The van der Waals surface area contributed by atoms with Gasteiger partial charge in [0.2, 0.25) is 0 Å². The second-order valence-corrected chi connectivity index (χ2v) is 6.23. The van der Waals surface area contributed by atoms with E-state index in [0.29, 0.717) is 6.23 Å². The highest BCUT2D eigenvalue weighted by molar-refractivity contribution is 6.08. The maximum absolute atomic E-state index is 5.73. The first-order valence-corrected chi connectivity index (χ1v) is 8.61. The van der Waals surface area contributed by atoms with Crippen molar-refractivity contribution in [2.75, 3.05) is 25.2 Å². The minimum atomic E-state index is 0.194. The van der Waals surface area contributed by atoms with Gasteiger partial charge in [-0.15, -0.1) is 0 Å². The van der Waals surface area contributed by atoms with Crippen molar-refractivity contribution in [3.8, 4) is 0 Å². The zero-order valence-electron chi connectivity index (χ0n) is 14.2. The molecule has 0 amide bonds. The van der Waals surface area contributed by atoms with Crippen LogP contribution in [0.2, 0.25) is 0 Å². The average molecular weight is 334 g/mol. The van der Waals surface area contributed by atoms with Gasteiger partial charge in [-0.1, -0.05) is 19.1 Å². The molecule has 1 unspecified atom stereocenters. The first-order chi connectivity index (χ1) is 11.6. The number of fused-ring (bicyclic) bond motifs is 1. The molecule has 1 aromatic carbocycles. The van der Waals surface area contributed by atoms with E-state index < -0.39 is 0 Å². The lowest BCUT2D eigenvalue weighted by Gasteiger charge is -2.16. The number of rotatable bonds is 4. The topological polar surface area (TPSA) is 38.3 Å². The van der Waals surface area contributed by atoms with E-state index in [2.05, 4.69) is 68.5 Å². The van der Waals surface area contributed by atoms with Crippen LogP contribution in [0.5, 0.6) is 0 Å². The first-order valence-electron chi connectivity index (χ1n) is 7.90. The fourth-order valence-corrected chi connectivity index (χ4v) is 2.97. The van der Waals surface area contributed by atoms with Crippen LogP contribution >= 0.6 is 0 Å². The molecule has 0 saturated heterocycles. The molecule has 0 fully saturated rings. The van der Waals surface area contributed by atoms with Crippen LogP contribution in [0, 0.1) is 5.92 Å². The summed E-state index contributed by atoms with van der Waals surface area (Å²) in [6.07, 6.45) is 8.04. The number of hydrogen-bond acceptors (Lipinski definition) is 4. The number of allylic oxidation sites excluding steroid dienone is 2. The summed E-state index contributed by atoms with van der Waals surface area (Å²) in [4.78, 5) is 11.0. The zero-order valence-corrected chi connectivity index (χ0v) is 15.2. The first kappa shape index (κ1) is 16.5. The smallest absolute Gasteiger partial charge is 0.143 e. The third-order valence-corrected chi connectivity index (χ3v) is 4.23. The summed E-state index contributed by atoms with van der Waals surface area (Å²) in [6.45, 7) is 2.16. The van der Waals surface area contributed by atoms with Crippen LogP contribution in [-0.4, -0.2) is 40.5 Å². The largest absolute Gasteiger partial charge is 0.496 e. The molecule has 1 aliphatic carbocycles. The molecule has 0 aliphatic heterocycles. The predicted octanol–water partition coefficient (Wildman–Crippen LogP) is 3.22. The molecule has 5 heteroatoms. The highest BCUT2D eigenvalue weighted by Gasteiger charge is 2.20. The third kappa shape index (κ3) is 3.26. The Hall–Kier alpha value is -2.40. The fourth-order valence-electron chi connectivity index (χ4n) is 2.81. The SMILES string of the molecule is CC1C=C(OC[Si])c2nccnc2C=C1c1ccc(N(C)C)cc1. The zero-order chi connectivity index (χ0) is 17.1. The molecule has 0 spiro atoms. The highest BCUT2D eigenvalue weighted by atomic mass is 28.1. The molecule has 4 nitrogen and oxygen atoms in total. The molecule has 1 atom stereocenters. The van der Waals surface area contributed by atoms with E-state index in [9.17, 15) is 0 Å². The number of benzene rings is 1. The van der Waals surface area contributed by atoms with Gasteiger partial charge < -0.3 is 9.64 Å². The van der Waals surface area contributed by atoms with Gasteiger partial charge in [-0.2, -0.15) is 0 Å². The van der Waals surface area contributed by atoms with Crippen LogP contribution in [0.25, 0.3) is 17.4 Å². The van der Waals surface area contributed by atoms with E-state index >= 15 is 0 Å². The second kappa shape index (κ2) is 7.01. The summed E-state index contributed by atoms with van der Waals surface area (Å²) in [5.74, 6) is 0.955. The van der Waals surface area contributed by atoms with Gasteiger partial charge in [-0.05, 0) is 35.4 Å². The van der Waals surface area contributed by atoms with Crippen molar-refractivity contribution in [2.45, 2.75) is 6.92 Å². The lowest BCUT2D eigenvalue weighted by Crippen LogP contribution is -2.08. The maximum atomic E-state index is 5.73. The molecule has 1 aromatic heterocycles. The van der Waals surface area contributed by atoms with Crippen molar-refractivity contribution in [1.82, 2.24) is 9.97 Å². The molecule has 3 radical (unpaired) electrons. The highest BCUT2D eigenvalue weighted by Crippen LogP contribution is 2.34. The van der Waals surface area contributed by atoms with Crippen molar-refractivity contribution in [3.63, 3.8) is 0 Å². The molecule has 3 rings (SSSR count). The van der Waals surface area contributed by atoms with E-state index in [0.717, 1.165) is 17.1 Å². The fraction of sp³-hybridized carbons (Fsp3) is 0.263. The van der Waals surface area contributed by atoms with Crippen LogP contribution in [0.4, 0.5) is 5.69 Å². The Bertz CT molecular complexity index is 781. The van der Waals surface area contributed by atoms with E-state index in [4.69, 9.17) is 4.74 Å². The van der Waals surface area contributed by atoms with E-state index in [-0.39, 0.29) is 5.92 Å². The Morgan fingerprint density at radius 2 is 1.83 bits per heavy atom. The van der Waals surface area contributed by atoms with Gasteiger partial charge in [-0.3, -0.25) is 4.98 Å². The Labute approximate surface area is 146 Å². The van der Waals surface area contributed by atoms with Crippen molar-refractivity contribution >= 4 is 33.3 Å². The Morgan fingerprint density at radius 3 is 2.50 bits per heavy atom. The average Bonchev–Trinajstić information content (AvgIpc) is 2.72. The van der Waals surface area contributed by atoms with E-state index in [1.807, 2.05) is 14.1 Å². The molecule has 24 heavy (non-hydrogen) atoms. The molecular formula is C19H20N3OSi. The maximum Gasteiger partial charge on any atom is 0.143 e. The van der Waals surface area contributed by atoms with Gasteiger partial charge in [0, 0.05) is 38.1 Å². The second-order valence-electron chi connectivity index (χ2n) is 5.94. The van der Waals surface area contributed by atoms with Crippen LogP contribution in [0.15, 0.2) is 42.7 Å². The van der Waals surface area contributed by atoms with Gasteiger partial charge in [0.05, 0.1) is 22.2 Å². The summed E-state index contributed by atoms with van der Waals surface area (Å²) >= 11 is 0. The summed E-state index contributed by atoms with van der Waals surface area (Å²) in [5.41, 5.74) is 5.18. The summed E-state index contributed by atoms with van der Waals surface area (Å²) < 4.78 is 5.73. The van der Waals surface area contributed by atoms with Crippen LogP contribution < -0.4 is 4.90 Å². The molecule has 0 saturated carbocycles. The molecular weight excluding hydrogens is 314 g/mol. The monoisotopic (exact) mass is 334 g/mol.